The summed E-state index contributed by atoms with van der Waals surface area (Å²) in [7, 11) is 0. The molecule has 7 heteroatoms. The topological polar surface area (TPSA) is 43.2 Å². The number of benzene rings is 2. The minimum atomic E-state index is 0.689. The molecule has 0 bridgehead atoms. The van der Waals surface area contributed by atoms with E-state index in [0.717, 1.165) is 55.1 Å². The monoisotopic (exact) mass is 414 g/mol. The third kappa shape index (κ3) is 4.75. The fraction of sp³-hybridized carbons (Fsp3) is 0.333. The Morgan fingerprint density at radius 1 is 0.964 bits per heavy atom. The van der Waals surface area contributed by atoms with Gasteiger partial charge >= 0.3 is 0 Å². The smallest absolute Gasteiger partial charge is 0.191 e. The van der Waals surface area contributed by atoms with Gasteiger partial charge in [0.2, 0.25) is 0 Å². The molecular formula is C21H23ClN4OS. The average Bonchev–Trinajstić information content (AvgIpc) is 3.12. The van der Waals surface area contributed by atoms with Gasteiger partial charge in [-0.2, -0.15) is 0 Å². The van der Waals surface area contributed by atoms with Gasteiger partial charge in [0, 0.05) is 31.0 Å². The third-order valence-corrected chi connectivity index (χ3v) is 6.03. The van der Waals surface area contributed by atoms with E-state index in [4.69, 9.17) is 16.3 Å². The van der Waals surface area contributed by atoms with Crippen LogP contribution in [0.4, 0.5) is 0 Å². The minimum Gasteiger partial charge on any atom is -0.379 e. The largest absolute Gasteiger partial charge is 0.379 e. The van der Waals surface area contributed by atoms with Gasteiger partial charge in [0.15, 0.2) is 11.0 Å². The molecule has 1 aromatic heterocycles. The number of ether oxygens (including phenoxy) is 1. The number of rotatable bonds is 7. The van der Waals surface area contributed by atoms with E-state index >= 15 is 0 Å². The van der Waals surface area contributed by atoms with Crippen LogP contribution in [-0.4, -0.2) is 58.3 Å². The number of halogens is 1. The molecule has 1 aliphatic rings. The number of hydrogen-bond acceptors (Lipinski definition) is 5. The van der Waals surface area contributed by atoms with Crippen LogP contribution in [-0.2, 0) is 11.3 Å². The van der Waals surface area contributed by atoms with Gasteiger partial charge < -0.3 is 4.74 Å². The fourth-order valence-corrected chi connectivity index (χ4v) is 4.39. The van der Waals surface area contributed by atoms with Crippen molar-refractivity contribution in [1.29, 1.82) is 0 Å². The predicted molar refractivity (Wildman–Crippen MR) is 114 cm³/mol. The highest BCUT2D eigenvalue weighted by Crippen LogP contribution is 2.30. The van der Waals surface area contributed by atoms with Crippen molar-refractivity contribution in [2.45, 2.75) is 11.7 Å². The maximum absolute atomic E-state index is 6.44. The van der Waals surface area contributed by atoms with Crippen molar-refractivity contribution in [2.24, 2.45) is 0 Å². The summed E-state index contributed by atoms with van der Waals surface area (Å²) in [6.07, 6.45) is 0. The third-order valence-electron chi connectivity index (χ3n) is 4.76. The van der Waals surface area contributed by atoms with Crippen LogP contribution in [0.5, 0.6) is 0 Å². The van der Waals surface area contributed by atoms with Crippen LogP contribution >= 0.6 is 23.4 Å². The summed E-state index contributed by atoms with van der Waals surface area (Å²) in [6, 6.07) is 18.2. The molecule has 0 spiro atoms. The summed E-state index contributed by atoms with van der Waals surface area (Å²) < 4.78 is 7.59. The molecule has 0 N–H and O–H groups in total. The van der Waals surface area contributed by atoms with Crippen molar-refractivity contribution in [1.82, 2.24) is 19.7 Å². The molecule has 3 aromatic rings. The lowest BCUT2D eigenvalue weighted by molar-refractivity contribution is 0.0410. The maximum atomic E-state index is 6.44. The molecule has 4 rings (SSSR count). The van der Waals surface area contributed by atoms with Gasteiger partial charge in [0.05, 0.1) is 24.8 Å². The zero-order valence-electron chi connectivity index (χ0n) is 15.6. The molecule has 0 saturated carbocycles. The zero-order valence-corrected chi connectivity index (χ0v) is 17.2. The highest BCUT2D eigenvalue weighted by molar-refractivity contribution is 7.99. The van der Waals surface area contributed by atoms with Crippen molar-refractivity contribution >= 4 is 23.4 Å². The zero-order chi connectivity index (χ0) is 19.2. The summed E-state index contributed by atoms with van der Waals surface area (Å²) in [6.45, 7) is 5.39. The molecule has 2 heterocycles. The Balaban J connectivity index is 1.56. The van der Waals surface area contributed by atoms with Gasteiger partial charge in [-0.15, -0.1) is 10.2 Å². The van der Waals surface area contributed by atoms with E-state index in [2.05, 4.69) is 43.9 Å². The van der Waals surface area contributed by atoms with Gasteiger partial charge in [-0.25, -0.2) is 0 Å². The summed E-state index contributed by atoms with van der Waals surface area (Å²) in [4.78, 5) is 2.43. The Morgan fingerprint density at radius 2 is 1.71 bits per heavy atom. The second kappa shape index (κ2) is 9.56. The molecular weight excluding hydrogens is 392 g/mol. The lowest BCUT2D eigenvalue weighted by Crippen LogP contribution is -2.37. The number of hydrogen-bond donors (Lipinski definition) is 0. The molecule has 5 nitrogen and oxygen atoms in total. The van der Waals surface area contributed by atoms with Crippen LogP contribution in [0.2, 0.25) is 5.02 Å². The van der Waals surface area contributed by atoms with Crippen molar-refractivity contribution in [2.75, 3.05) is 38.6 Å². The van der Waals surface area contributed by atoms with Gasteiger partial charge in [-0.3, -0.25) is 9.47 Å². The Bertz CT molecular complexity index is 896. The highest BCUT2D eigenvalue weighted by Gasteiger charge is 2.17. The summed E-state index contributed by atoms with van der Waals surface area (Å²) in [5, 5.41) is 10.6. The van der Waals surface area contributed by atoms with Crippen molar-refractivity contribution in [3.8, 4) is 11.4 Å². The number of nitrogens with zero attached hydrogens (tertiary/aromatic N) is 4. The van der Waals surface area contributed by atoms with Gasteiger partial charge in [-0.1, -0.05) is 65.8 Å². The fourth-order valence-electron chi connectivity index (χ4n) is 3.24. The highest BCUT2D eigenvalue weighted by atomic mass is 35.5. The lowest BCUT2D eigenvalue weighted by Gasteiger charge is -2.26. The van der Waals surface area contributed by atoms with Crippen LogP contribution in [0.1, 0.15) is 5.56 Å². The summed E-state index contributed by atoms with van der Waals surface area (Å²) in [5.41, 5.74) is 2.12. The van der Waals surface area contributed by atoms with E-state index < -0.39 is 0 Å². The first-order valence-corrected chi connectivity index (χ1v) is 10.8. The SMILES string of the molecule is Clc1ccccc1-c1nnc(SCCN2CCOCC2)n1Cc1ccccc1. The standard InChI is InChI=1S/C21H23ClN4OS/c22-19-9-5-4-8-18(19)20-23-24-21(26(20)16-17-6-2-1-3-7-17)28-15-12-25-10-13-27-14-11-25/h1-9H,10-16H2. The van der Waals surface area contributed by atoms with Crippen molar-refractivity contribution in [3.63, 3.8) is 0 Å². The normalized spacial score (nSPS) is 15.0. The molecule has 0 atom stereocenters. The molecule has 0 unspecified atom stereocenters. The Labute approximate surface area is 174 Å². The molecule has 2 aromatic carbocycles. The van der Waals surface area contributed by atoms with Crippen LogP contribution in [0, 0.1) is 0 Å². The van der Waals surface area contributed by atoms with Crippen molar-refractivity contribution < 1.29 is 4.74 Å². The van der Waals surface area contributed by atoms with E-state index in [1.807, 2.05) is 30.3 Å². The summed E-state index contributed by atoms with van der Waals surface area (Å²) >= 11 is 8.19. The predicted octanol–water partition coefficient (Wildman–Crippen LogP) is 4.07. The van der Waals surface area contributed by atoms with Crippen LogP contribution in [0.15, 0.2) is 59.8 Å². The molecule has 1 fully saturated rings. The molecule has 1 aliphatic heterocycles. The second-order valence-corrected chi connectivity index (χ2v) is 8.13. The average molecular weight is 415 g/mol. The number of thioether (sulfide) groups is 1. The Kier molecular flexibility index (Phi) is 6.65. The molecule has 146 valence electrons. The number of aromatic nitrogens is 3. The molecule has 28 heavy (non-hydrogen) atoms. The first-order chi connectivity index (χ1) is 13.8. The van der Waals surface area contributed by atoms with Crippen molar-refractivity contribution in [3.05, 3.63) is 65.2 Å². The molecule has 0 aliphatic carbocycles. The second-order valence-electron chi connectivity index (χ2n) is 6.66. The maximum Gasteiger partial charge on any atom is 0.191 e. The summed E-state index contributed by atoms with van der Waals surface area (Å²) in [5.74, 6) is 1.78. The first-order valence-electron chi connectivity index (χ1n) is 9.46. The van der Waals surface area contributed by atoms with E-state index in [0.29, 0.717) is 11.6 Å². The molecule has 0 amide bonds. The Hall–Kier alpha value is -1.86. The molecule has 0 radical (unpaired) electrons. The first kappa shape index (κ1) is 19.5. The van der Waals surface area contributed by atoms with Gasteiger partial charge in [0.1, 0.15) is 0 Å². The van der Waals surface area contributed by atoms with Crippen LogP contribution in [0.3, 0.4) is 0 Å². The minimum absolute atomic E-state index is 0.689. The van der Waals surface area contributed by atoms with Crippen LogP contribution < -0.4 is 0 Å². The van der Waals surface area contributed by atoms with Gasteiger partial charge in [0.25, 0.3) is 0 Å². The van der Waals surface area contributed by atoms with E-state index in [1.54, 1.807) is 11.8 Å². The molecule has 1 saturated heterocycles. The van der Waals surface area contributed by atoms with Crippen LogP contribution in [0.25, 0.3) is 11.4 Å². The quantitative estimate of drug-likeness (QED) is 0.545. The lowest BCUT2D eigenvalue weighted by atomic mass is 10.2. The van der Waals surface area contributed by atoms with E-state index in [9.17, 15) is 0 Å². The van der Waals surface area contributed by atoms with Gasteiger partial charge in [-0.05, 0) is 17.7 Å². The Morgan fingerprint density at radius 3 is 2.50 bits per heavy atom. The number of morpholine rings is 1. The van der Waals surface area contributed by atoms with E-state index in [-0.39, 0.29) is 0 Å². The van der Waals surface area contributed by atoms with E-state index in [1.165, 1.54) is 5.56 Å².